The number of rotatable bonds is 4. The molecule has 1 aromatic carbocycles. The van der Waals surface area contributed by atoms with Gasteiger partial charge in [-0.25, -0.2) is 4.79 Å². The molecule has 0 saturated heterocycles. The molecule has 2 unspecified atom stereocenters. The lowest BCUT2D eigenvalue weighted by Gasteiger charge is -2.30. The molecule has 1 fully saturated rings. The number of aromatic carboxylic acids is 1. The van der Waals surface area contributed by atoms with Crippen LogP contribution in [-0.2, 0) is 4.74 Å². The zero-order valence-electron chi connectivity index (χ0n) is 11.5. The van der Waals surface area contributed by atoms with Crippen LogP contribution in [0.4, 0.5) is 5.69 Å². The Balaban J connectivity index is 2.04. The number of hydrogen-bond donors (Lipinski definition) is 2. The number of hydrogen-bond acceptors (Lipinski definition) is 3. The van der Waals surface area contributed by atoms with Crippen LogP contribution in [0.1, 0.15) is 41.6 Å². The molecule has 0 aliphatic heterocycles. The zero-order chi connectivity index (χ0) is 13.8. The van der Waals surface area contributed by atoms with Gasteiger partial charge in [0, 0.05) is 18.8 Å². The van der Waals surface area contributed by atoms with E-state index in [2.05, 4.69) is 5.32 Å². The summed E-state index contributed by atoms with van der Waals surface area (Å²) in [5.74, 6) is -0.883. The summed E-state index contributed by atoms with van der Waals surface area (Å²) in [6, 6.07) is 5.62. The van der Waals surface area contributed by atoms with Crippen molar-refractivity contribution in [1.29, 1.82) is 0 Å². The summed E-state index contributed by atoms with van der Waals surface area (Å²) in [4.78, 5) is 10.9. The number of carboxylic acids is 1. The average molecular weight is 263 g/mol. The highest BCUT2D eigenvalue weighted by atomic mass is 16.5. The van der Waals surface area contributed by atoms with Crippen LogP contribution in [-0.4, -0.2) is 30.3 Å². The molecule has 19 heavy (non-hydrogen) atoms. The number of carboxylic acid groups (broad SMARTS) is 1. The lowest BCUT2D eigenvalue weighted by molar-refractivity contribution is 0.0669. The van der Waals surface area contributed by atoms with Crippen LogP contribution in [0.2, 0.25) is 0 Å². The normalized spacial score (nSPS) is 23.1. The van der Waals surface area contributed by atoms with E-state index in [4.69, 9.17) is 9.84 Å². The fourth-order valence-electron chi connectivity index (χ4n) is 2.67. The van der Waals surface area contributed by atoms with Gasteiger partial charge in [-0.05, 0) is 56.4 Å². The minimum Gasteiger partial charge on any atom is -0.478 e. The van der Waals surface area contributed by atoms with Crippen LogP contribution in [0.5, 0.6) is 0 Å². The number of methoxy groups -OCH3 is 1. The van der Waals surface area contributed by atoms with E-state index in [1.807, 2.05) is 13.0 Å². The maximum absolute atomic E-state index is 10.9. The Morgan fingerprint density at radius 2 is 2.21 bits per heavy atom. The maximum atomic E-state index is 10.9. The quantitative estimate of drug-likeness (QED) is 0.876. The molecular formula is C15H21NO3. The molecule has 0 radical (unpaired) electrons. The largest absolute Gasteiger partial charge is 0.478 e. The molecule has 1 aliphatic rings. The summed E-state index contributed by atoms with van der Waals surface area (Å²) in [7, 11) is 1.76. The van der Waals surface area contributed by atoms with E-state index in [9.17, 15) is 4.79 Å². The van der Waals surface area contributed by atoms with Gasteiger partial charge >= 0.3 is 5.97 Å². The van der Waals surface area contributed by atoms with Crippen LogP contribution >= 0.6 is 0 Å². The summed E-state index contributed by atoms with van der Waals surface area (Å²) in [6.45, 7) is 1.94. The van der Waals surface area contributed by atoms with Crippen molar-refractivity contribution in [2.45, 2.75) is 44.8 Å². The van der Waals surface area contributed by atoms with Crippen molar-refractivity contribution in [3.63, 3.8) is 0 Å². The Bertz CT molecular complexity index is 459. The standard InChI is InChI=1S/C15H21NO3/c1-10-8-11(15(17)18)6-7-14(10)16-12-4-3-5-13(9-12)19-2/h6-8,12-13,16H,3-5,9H2,1-2H3,(H,17,18). The van der Waals surface area contributed by atoms with Crippen molar-refractivity contribution in [3.8, 4) is 0 Å². The van der Waals surface area contributed by atoms with E-state index in [1.165, 1.54) is 6.42 Å². The van der Waals surface area contributed by atoms with E-state index in [-0.39, 0.29) is 0 Å². The highest BCUT2D eigenvalue weighted by Crippen LogP contribution is 2.25. The molecule has 0 bridgehead atoms. The first-order valence-electron chi connectivity index (χ1n) is 6.73. The highest BCUT2D eigenvalue weighted by Gasteiger charge is 2.21. The third-order valence-corrected chi connectivity index (χ3v) is 3.79. The monoisotopic (exact) mass is 263 g/mol. The molecule has 2 atom stereocenters. The number of anilines is 1. The SMILES string of the molecule is COC1CCCC(Nc2ccc(C(=O)O)cc2C)C1. The zero-order valence-corrected chi connectivity index (χ0v) is 11.5. The Morgan fingerprint density at radius 3 is 2.84 bits per heavy atom. The first-order valence-corrected chi connectivity index (χ1v) is 6.73. The van der Waals surface area contributed by atoms with Crippen molar-refractivity contribution in [2.24, 2.45) is 0 Å². The van der Waals surface area contributed by atoms with E-state index < -0.39 is 5.97 Å². The molecule has 0 aromatic heterocycles. The van der Waals surface area contributed by atoms with Gasteiger partial charge in [0.1, 0.15) is 0 Å². The molecule has 0 amide bonds. The summed E-state index contributed by atoms with van der Waals surface area (Å²) >= 11 is 0. The number of ether oxygens (including phenoxy) is 1. The van der Waals surface area contributed by atoms with E-state index in [0.29, 0.717) is 17.7 Å². The van der Waals surface area contributed by atoms with Gasteiger partial charge in [0.25, 0.3) is 0 Å². The molecule has 4 nitrogen and oxygen atoms in total. The second-order valence-corrected chi connectivity index (χ2v) is 5.20. The second kappa shape index (κ2) is 6.06. The summed E-state index contributed by atoms with van der Waals surface area (Å²) in [5.41, 5.74) is 2.33. The average Bonchev–Trinajstić information content (AvgIpc) is 2.41. The summed E-state index contributed by atoms with van der Waals surface area (Å²) < 4.78 is 5.42. The van der Waals surface area contributed by atoms with Crippen molar-refractivity contribution in [2.75, 3.05) is 12.4 Å². The van der Waals surface area contributed by atoms with Crippen LogP contribution < -0.4 is 5.32 Å². The van der Waals surface area contributed by atoms with Crippen LogP contribution in [0, 0.1) is 6.92 Å². The van der Waals surface area contributed by atoms with Gasteiger partial charge in [-0.2, -0.15) is 0 Å². The van der Waals surface area contributed by atoms with E-state index in [0.717, 1.165) is 30.5 Å². The van der Waals surface area contributed by atoms with E-state index in [1.54, 1.807) is 19.2 Å². The molecule has 2 rings (SSSR count). The topological polar surface area (TPSA) is 58.6 Å². The van der Waals surface area contributed by atoms with Gasteiger partial charge in [-0.3, -0.25) is 0 Å². The van der Waals surface area contributed by atoms with Crippen molar-refractivity contribution in [1.82, 2.24) is 0 Å². The molecule has 1 saturated carbocycles. The Kier molecular flexibility index (Phi) is 4.43. The van der Waals surface area contributed by atoms with Gasteiger partial charge < -0.3 is 15.2 Å². The third-order valence-electron chi connectivity index (χ3n) is 3.79. The van der Waals surface area contributed by atoms with Gasteiger partial charge in [0.15, 0.2) is 0 Å². The molecule has 104 valence electrons. The molecule has 0 heterocycles. The lowest BCUT2D eigenvalue weighted by atomic mass is 9.92. The minimum atomic E-state index is -0.883. The Labute approximate surface area is 113 Å². The van der Waals surface area contributed by atoms with Crippen molar-refractivity contribution >= 4 is 11.7 Å². The molecule has 2 N–H and O–H groups in total. The summed E-state index contributed by atoms with van der Waals surface area (Å²) in [5, 5.41) is 12.5. The molecule has 0 spiro atoms. The Hall–Kier alpha value is -1.55. The number of benzene rings is 1. The predicted molar refractivity (Wildman–Crippen MR) is 74.8 cm³/mol. The smallest absolute Gasteiger partial charge is 0.335 e. The molecule has 1 aromatic rings. The molecular weight excluding hydrogens is 242 g/mol. The first kappa shape index (κ1) is 13.9. The second-order valence-electron chi connectivity index (χ2n) is 5.20. The van der Waals surface area contributed by atoms with Gasteiger partial charge in [0.05, 0.1) is 11.7 Å². The van der Waals surface area contributed by atoms with E-state index >= 15 is 0 Å². The number of aryl methyl sites for hydroxylation is 1. The first-order chi connectivity index (χ1) is 9.10. The molecule has 1 aliphatic carbocycles. The van der Waals surface area contributed by atoms with Crippen LogP contribution in [0.25, 0.3) is 0 Å². The third kappa shape index (κ3) is 3.47. The van der Waals surface area contributed by atoms with Gasteiger partial charge in [0.2, 0.25) is 0 Å². The minimum absolute atomic E-state index is 0.335. The fraction of sp³-hybridized carbons (Fsp3) is 0.533. The van der Waals surface area contributed by atoms with Gasteiger partial charge in [-0.1, -0.05) is 0 Å². The predicted octanol–water partition coefficient (Wildman–Crippen LogP) is 3.06. The Morgan fingerprint density at radius 1 is 1.42 bits per heavy atom. The summed E-state index contributed by atoms with van der Waals surface area (Å²) in [6.07, 6.45) is 4.79. The van der Waals surface area contributed by atoms with Crippen molar-refractivity contribution in [3.05, 3.63) is 29.3 Å². The van der Waals surface area contributed by atoms with Gasteiger partial charge in [-0.15, -0.1) is 0 Å². The van der Waals surface area contributed by atoms with Crippen LogP contribution in [0.15, 0.2) is 18.2 Å². The fourth-order valence-corrected chi connectivity index (χ4v) is 2.67. The molecule has 4 heteroatoms. The highest BCUT2D eigenvalue weighted by molar-refractivity contribution is 5.88. The number of carbonyl (C=O) groups is 1. The maximum Gasteiger partial charge on any atom is 0.335 e. The van der Waals surface area contributed by atoms with Crippen molar-refractivity contribution < 1.29 is 14.6 Å². The van der Waals surface area contributed by atoms with Crippen LogP contribution in [0.3, 0.4) is 0 Å². The number of nitrogens with one attached hydrogen (secondary N) is 1. The lowest BCUT2D eigenvalue weighted by Crippen LogP contribution is -2.31.